The Labute approximate surface area is 320 Å². The van der Waals surface area contributed by atoms with Gasteiger partial charge in [-0.3, -0.25) is 6.08 Å². The van der Waals surface area contributed by atoms with Crippen molar-refractivity contribution in [2.45, 2.75) is 84.2 Å². The van der Waals surface area contributed by atoms with Crippen molar-refractivity contribution in [1.82, 2.24) is 0 Å². The number of allylic oxidation sites excluding steroid dienone is 4. The molecule has 0 aliphatic heterocycles. The second-order valence-corrected chi connectivity index (χ2v) is 24.3. The van der Waals surface area contributed by atoms with E-state index in [-0.39, 0.29) is 24.8 Å². The summed E-state index contributed by atoms with van der Waals surface area (Å²) in [6.45, 7) is 14.3. The van der Waals surface area contributed by atoms with Gasteiger partial charge < -0.3 is 24.8 Å². The second kappa shape index (κ2) is 20.6. The van der Waals surface area contributed by atoms with Crippen LogP contribution in [0.5, 0.6) is 0 Å². The second-order valence-electron chi connectivity index (χ2n) is 12.5. The molecule has 5 aromatic carbocycles. The number of hydrogen-bond donors (Lipinski definition) is 0. The maximum Gasteiger partial charge on any atom is -0.0771 e. The predicted molar refractivity (Wildman–Crippen MR) is 208 cm³/mol. The molecule has 48 heavy (non-hydrogen) atoms. The SMILES string of the molecule is CC[Si](CC)(CC)c1ccc([C](=[Zr+2])c2ccc([Si](CC)(CC)CC)cc2)cc1.[C-]1=CC=CC1.[Cl-].[Cl-].c1ccc2c(c1)[cH-]c1ccccc12. The van der Waals surface area contributed by atoms with Crippen LogP contribution in [-0.4, -0.2) is 19.4 Å². The van der Waals surface area contributed by atoms with Gasteiger partial charge in [0.15, 0.2) is 0 Å². The summed E-state index contributed by atoms with van der Waals surface area (Å²) in [7, 11) is -2.54. The molecule has 0 unspecified atom stereocenters. The Kier molecular flexibility index (Phi) is 18.1. The van der Waals surface area contributed by atoms with Gasteiger partial charge >= 0.3 is 191 Å². The molecule has 0 atom stereocenters. The Morgan fingerprint density at radius 2 is 0.958 bits per heavy atom. The number of halogens is 2. The van der Waals surface area contributed by atoms with Crippen molar-refractivity contribution in [3.63, 3.8) is 0 Å². The average Bonchev–Trinajstić information content (AvgIpc) is 3.84. The number of fused-ring (bicyclic) bond motifs is 3. The van der Waals surface area contributed by atoms with Gasteiger partial charge in [0.1, 0.15) is 0 Å². The fourth-order valence-corrected chi connectivity index (χ4v) is 15.1. The van der Waals surface area contributed by atoms with Crippen LogP contribution in [0.15, 0.2) is 121 Å². The van der Waals surface area contributed by atoms with Crippen molar-refractivity contribution in [1.29, 1.82) is 0 Å². The zero-order valence-electron chi connectivity index (χ0n) is 29.8. The Morgan fingerprint density at radius 3 is 1.25 bits per heavy atom. The topological polar surface area (TPSA) is 0 Å². The van der Waals surface area contributed by atoms with Crippen molar-refractivity contribution < 1.29 is 49.0 Å². The van der Waals surface area contributed by atoms with Gasteiger partial charge in [-0.25, -0.2) is 12.2 Å². The number of rotatable bonds is 10. The van der Waals surface area contributed by atoms with E-state index in [1.807, 2.05) is 12.2 Å². The summed E-state index contributed by atoms with van der Waals surface area (Å²) >= 11 is 1.50. The molecule has 5 aromatic rings. The fraction of sp³-hybridized carbons (Fsp3) is 0.302. The molecule has 0 heterocycles. The summed E-state index contributed by atoms with van der Waals surface area (Å²) in [6.07, 6.45) is 10.0. The maximum atomic E-state index is 2.99. The molecule has 0 nitrogen and oxygen atoms in total. The summed E-state index contributed by atoms with van der Waals surface area (Å²) in [5.41, 5.74) is 2.82. The van der Waals surface area contributed by atoms with E-state index in [0.29, 0.717) is 0 Å². The molecule has 0 N–H and O–H groups in total. The number of benzene rings is 4. The van der Waals surface area contributed by atoms with Gasteiger partial charge in [-0.1, -0.05) is 36.4 Å². The zero-order chi connectivity index (χ0) is 33.0. The molecule has 0 radical (unpaired) electrons. The van der Waals surface area contributed by atoms with Gasteiger partial charge in [-0.15, -0.1) is 46.2 Å². The van der Waals surface area contributed by atoms with Crippen LogP contribution in [0.25, 0.3) is 21.5 Å². The van der Waals surface area contributed by atoms with Gasteiger partial charge in [-0.05, 0) is 0 Å². The molecule has 0 saturated heterocycles. The Hall–Kier alpha value is -2.00. The summed E-state index contributed by atoms with van der Waals surface area (Å²) < 4.78 is 1.49. The fourth-order valence-electron chi connectivity index (χ4n) is 7.12. The molecular formula is C43H52Cl2Si2Zr-2. The first-order valence-electron chi connectivity index (χ1n) is 17.5. The molecule has 1 aliphatic rings. The molecule has 1 aliphatic carbocycles. The van der Waals surface area contributed by atoms with Crippen LogP contribution in [0.4, 0.5) is 0 Å². The van der Waals surface area contributed by atoms with Gasteiger partial charge in [0.25, 0.3) is 0 Å². The third-order valence-corrected chi connectivity index (χ3v) is 23.4. The standard InChI is InChI=1S/C25H38Si2.C13H9.C5H5.2ClH.Zr/c1-7-26(8-2,9-3)24-17-13-22(14-18-24)21-23-15-19-25(20-16-23)27(10-4,11-5)12-6;1-3-7-12-10(5-1)9-11-6-2-4-8-13(11)12;1-2-4-5-3-1;;;/h13-20H,7-12H2,1-6H3;1-9H;1-3H,4H2;2*1H;/q;2*-1;;;+2/p-2. The molecule has 0 bridgehead atoms. The van der Waals surface area contributed by atoms with Gasteiger partial charge in [0, 0.05) is 0 Å². The van der Waals surface area contributed by atoms with E-state index in [9.17, 15) is 0 Å². The molecule has 0 spiro atoms. The van der Waals surface area contributed by atoms with E-state index in [1.54, 1.807) is 10.4 Å². The van der Waals surface area contributed by atoms with Crippen LogP contribution in [0.3, 0.4) is 0 Å². The van der Waals surface area contributed by atoms with E-state index < -0.39 is 16.1 Å². The molecule has 0 saturated carbocycles. The molecule has 5 heteroatoms. The third kappa shape index (κ3) is 9.82. The Morgan fingerprint density at radius 1 is 0.583 bits per heavy atom. The largest absolute Gasteiger partial charge is 1.00 e. The predicted octanol–water partition coefficient (Wildman–Crippen LogP) is 5.26. The average molecular weight is 787 g/mol. The summed E-state index contributed by atoms with van der Waals surface area (Å²) in [5, 5.41) is 8.68. The number of hydrogen-bond acceptors (Lipinski definition) is 0. The van der Waals surface area contributed by atoms with Crippen LogP contribution in [0, 0.1) is 6.08 Å². The van der Waals surface area contributed by atoms with Crippen LogP contribution >= 0.6 is 0 Å². The Bertz CT molecular complexity index is 1600. The van der Waals surface area contributed by atoms with Crippen LogP contribution in [0.2, 0.25) is 36.3 Å². The van der Waals surface area contributed by atoms with Crippen molar-refractivity contribution in [2.75, 3.05) is 0 Å². The van der Waals surface area contributed by atoms with Crippen LogP contribution < -0.4 is 35.2 Å². The summed E-state index contributed by atoms with van der Waals surface area (Å²) in [5.74, 6) is 0. The monoisotopic (exact) mass is 784 g/mol. The molecular weight excluding hydrogens is 735 g/mol. The van der Waals surface area contributed by atoms with Crippen LogP contribution in [0.1, 0.15) is 59.1 Å². The molecule has 6 rings (SSSR count). The first kappa shape index (κ1) is 42.2. The Balaban J connectivity index is 0.000000326. The van der Waals surface area contributed by atoms with Gasteiger partial charge in [0.05, 0.1) is 0 Å². The maximum absolute atomic E-state index is 2.99. The molecule has 0 aromatic heterocycles. The van der Waals surface area contributed by atoms with E-state index >= 15 is 0 Å². The smallest absolute Gasteiger partial charge is 0.0771 e. The first-order valence-corrected chi connectivity index (χ1v) is 23.9. The van der Waals surface area contributed by atoms with Crippen molar-refractivity contribution >= 4 is 51.3 Å². The minimum atomic E-state index is -1.27. The van der Waals surface area contributed by atoms with Crippen LogP contribution in [-0.2, 0) is 24.2 Å². The van der Waals surface area contributed by atoms with E-state index in [1.165, 1.54) is 96.4 Å². The molecule has 0 fully saturated rings. The minimum absolute atomic E-state index is 0. The molecule has 0 amide bonds. The minimum Gasteiger partial charge on any atom is -1.00 e. The van der Waals surface area contributed by atoms with Gasteiger partial charge in [-0.2, -0.15) is 6.08 Å². The summed E-state index contributed by atoms with van der Waals surface area (Å²) in [6, 6.07) is 46.7. The van der Waals surface area contributed by atoms with E-state index in [2.05, 4.69) is 157 Å². The van der Waals surface area contributed by atoms with Crippen molar-refractivity contribution in [2.24, 2.45) is 0 Å². The molecule has 252 valence electrons. The van der Waals surface area contributed by atoms with Gasteiger partial charge in [0.2, 0.25) is 0 Å². The van der Waals surface area contributed by atoms with Crippen molar-refractivity contribution in [3.05, 3.63) is 139 Å². The normalized spacial score (nSPS) is 12.0. The zero-order valence-corrected chi connectivity index (χ0v) is 35.7. The quantitative estimate of drug-likeness (QED) is 0.134. The van der Waals surface area contributed by atoms with Crippen molar-refractivity contribution in [3.8, 4) is 0 Å². The van der Waals surface area contributed by atoms with E-state index in [0.717, 1.165) is 6.42 Å². The third-order valence-electron chi connectivity index (χ3n) is 10.7. The summed E-state index contributed by atoms with van der Waals surface area (Å²) in [4.78, 5) is 0. The first-order chi connectivity index (χ1) is 22.4. The van der Waals surface area contributed by atoms with E-state index in [4.69, 9.17) is 0 Å².